The molecule has 19 valence electrons. The average molecular weight is 363 g/mol. The Bertz CT molecular complexity index is 8.00. The van der Waals surface area contributed by atoms with Crippen molar-refractivity contribution in [3.63, 3.8) is 0 Å². The molecule has 0 aromatic rings. The van der Waals surface area contributed by atoms with Crippen LogP contribution >= 0.6 is 0 Å². The van der Waals surface area contributed by atoms with E-state index < -0.39 is 0 Å². The quantitative estimate of drug-likeness (QED) is 0.503. The maximum atomic E-state index is 8.28. The van der Waals surface area contributed by atoms with E-state index in [-0.39, 0.29) is 61.4 Å². The molecule has 0 bridgehead atoms. The molecule has 0 saturated carbocycles. The first kappa shape index (κ1) is 16.5. The number of hydrogen-bond acceptors (Lipinski definition) is 1. The normalized spacial score (nSPS) is 1.00. The predicted octanol–water partition coefficient (Wildman–Crippen LogP) is -1.04. The summed E-state index contributed by atoms with van der Waals surface area (Å²) in [6.07, 6.45) is 0. The molecule has 0 spiro atoms. The van der Waals surface area contributed by atoms with Gasteiger partial charge in [0.2, 0.25) is 10.1 Å². The second-order valence-electron chi connectivity index (χ2n) is 0. The molecule has 0 heterocycles. The minimum atomic E-state index is 0. The molecule has 4 heavy (non-hydrogen) atoms. The minimum absolute atomic E-state index is 0. The molecule has 0 aliphatic carbocycles. The van der Waals surface area contributed by atoms with Crippen molar-refractivity contribution in [1.82, 2.24) is 0 Å². The van der Waals surface area contributed by atoms with Crippen LogP contribution in [0.15, 0.2) is 0 Å². The van der Waals surface area contributed by atoms with Crippen molar-refractivity contribution in [2.75, 3.05) is 0 Å². The second kappa shape index (κ2) is 19.5. The van der Waals surface area contributed by atoms with Crippen LogP contribution in [0.25, 0.3) is 0 Å². The van der Waals surface area contributed by atoms with Gasteiger partial charge in [0.25, 0.3) is 0 Å². The van der Waals surface area contributed by atoms with Gasteiger partial charge in [-0.25, -0.2) is 0 Å². The third-order valence-electron chi connectivity index (χ3n) is 0. The predicted molar refractivity (Wildman–Crippen MR) is 9.23 cm³/mol. The van der Waals surface area contributed by atoms with Crippen molar-refractivity contribution in [1.29, 1.82) is 0 Å². The molecule has 0 N–H and O–H groups in total. The SMILES string of the molecule is O=[SiH2].[Hf].[La]. The molecule has 0 aliphatic rings. The van der Waals surface area contributed by atoms with Crippen LogP contribution in [0, 0.1) is 35.6 Å². The zero-order chi connectivity index (χ0) is 2.00. The molecule has 1 nitrogen and oxygen atoms in total. The van der Waals surface area contributed by atoms with Crippen LogP contribution in [0.3, 0.4) is 0 Å². The average Bonchev–Trinajstić information content (AvgIpc) is 1.00. The fourth-order valence-corrected chi connectivity index (χ4v) is 0. The van der Waals surface area contributed by atoms with E-state index in [0.29, 0.717) is 10.1 Å². The zero-order valence-corrected chi connectivity index (χ0v) is 10.8. The number of rotatable bonds is 0. The molecule has 1 radical (unpaired) electrons. The maximum Gasteiger partial charge on any atom is 0.245 e. The van der Waals surface area contributed by atoms with Gasteiger partial charge in [0, 0.05) is 61.4 Å². The van der Waals surface area contributed by atoms with Crippen LogP contribution in [-0.4, -0.2) is 10.1 Å². The van der Waals surface area contributed by atoms with E-state index in [1.807, 2.05) is 0 Å². The van der Waals surface area contributed by atoms with Gasteiger partial charge in [-0.05, 0) is 0 Å². The Hall–Kier alpha value is 2.08. The van der Waals surface area contributed by atoms with Crippen LogP contribution < -0.4 is 0 Å². The zero-order valence-electron chi connectivity index (χ0n) is 2.19. The van der Waals surface area contributed by atoms with Gasteiger partial charge in [-0.2, -0.15) is 0 Å². The van der Waals surface area contributed by atoms with Crippen LogP contribution in [0.5, 0.6) is 0 Å². The summed E-state index contributed by atoms with van der Waals surface area (Å²) in [4.78, 5) is 0. The van der Waals surface area contributed by atoms with Crippen molar-refractivity contribution in [3.8, 4) is 0 Å². The molecule has 0 atom stereocenters. The smallest absolute Gasteiger partial charge is 0.245 e. The molecular formula is H2HfLaOSi. The molecule has 0 aromatic heterocycles. The topological polar surface area (TPSA) is 17.1 Å². The first-order valence-corrected chi connectivity index (χ1v) is 0.866. The summed E-state index contributed by atoms with van der Waals surface area (Å²) in [5.74, 6) is 0. The van der Waals surface area contributed by atoms with Crippen molar-refractivity contribution in [2.45, 2.75) is 0 Å². The van der Waals surface area contributed by atoms with Crippen molar-refractivity contribution >= 4 is 10.1 Å². The largest absolute Gasteiger partial charge is 0.396 e. The van der Waals surface area contributed by atoms with Gasteiger partial charge in [-0.3, -0.25) is 0 Å². The third-order valence-corrected chi connectivity index (χ3v) is 0. The third kappa shape index (κ3) is 8.95. The van der Waals surface area contributed by atoms with Crippen molar-refractivity contribution < 1.29 is 65.9 Å². The van der Waals surface area contributed by atoms with Gasteiger partial charge in [0.15, 0.2) is 0 Å². The second-order valence-corrected chi connectivity index (χ2v) is 0. The van der Waals surface area contributed by atoms with Crippen LogP contribution in [0.2, 0.25) is 0 Å². The molecule has 0 amide bonds. The summed E-state index contributed by atoms with van der Waals surface area (Å²) >= 11 is 0. The van der Waals surface area contributed by atoms with Gasteiger partial charge >= 0.3 is 0 Å². The van der Waals surface area contributed by atoms with Crippen molar-refractivity contribution in [2.24, 2.45) is 0 Å². The van der Waals surface area contributed by atoms with Gasteiger partial charge in [0.1, 0.15) is 0 Å². The van der Waals surface area contributed by atoms with E-state index in [2.05, 4.69) is 0 Å². The summed E-state index contributed by atoms with van der Waals surface area (Å²) in [6.45, 7) is 0. The maximum absolute atomic E-state index is 8.28. The molecule has 0 aromatic carbocycles. The Morgan fingerprint density at radius 3 is 1.25 bits per heavy atom. The monoisotopic (exact) mass is 365 g/mol. The fraction of sp³-hybridized carbons (Fsp3) is 0. The van der Waals surface area contributed by atoms with Crippen LogP contribution in [0.1, 0.15) is 0 Å². The Morgan fingerprint density at radius 1 is 1.25 bits per heavy atom. The molecule has 0 aliphatic heterocycles. The minimum Gasteiger partial charge on any atom is -0.396 e. The summed E-state index contributed by atoms with van der Waals surface area (Å²) in [7, 11) is 0.611. The summed E-state index contributed by atoms with van der Waals surface area (Å²) < 4.78 is 8.28. The molecule has 0 unspecified atom stereocenters. The molecule has 0 rings (SSSR count). The fourth-order valence-electron chi connectivity index (χ4n) is 0. The first-order valence-electron chi connectivity index (χ1n) is 0.289. The van der Waals surface area contributed by atoms with E-state index in [1.165, 1.54) is 0 Å². The standard InChI is InChI=1S/Hf.La.H2OSi/c;;1-2/h;;2H2. The first-order chi connectivity index (χ1) is 1.00. The van der Waals surface area contributed by atoms with E-state index in [0.717, 1.165) is 0 Å². The Labute approximate surface area is 74.8 Å². The number of hydrogen-bond donors (Lipinski definition) is 0. The summed E-state index contributed by atoms with van der Waals surface area (Å²) in [5.41, 5.74) is 0. The van der Waals surface area contributed by atoms with E-state index in [1.54, 1.807) is 0 Å². The van der Waals surface area contributed by atoms with Gasteiger partial charge in [-0.15, -0.1) is 0 Å². The van der Waals surface area contributed by atoms with Gasteiger partial charge < -0.3 is 4.46 Å². The molecule has 0 fully saturated rings. The van der Waals surface area contributed by atoms with Crippen LogP contribution in [0.4, 0.5) is 0 Å². The summed E-state index contributed by atoms with van der Waals surface area (Å²) in [6, 6.07) is 0. The molecule has 4 heteroatoms. The van der Waals surface area contributed by atoms with Crippen molar-refractivity contribution in [3.05, 3.63) is 0 Å². The van der Waals surface area contributed by atoms with E-state index in [9.17, 15) is 0 Å². The van der Waals surface area contributed by atoms with Gasteiger partial charge in [-0.1, -0.05) is 0 Å². The molecule has 0 saturated heterocycles. The summed E-state index contributed by atoms with van der Waals surface area (Å²) in [5, 5.41) is 0. The Balaban J connectivity index is -0.00000000500. The van der Waals surface area contributed by atoms with E-state index in [4.69, 9.17) is 4.46 Å². The van der Waals surface area contributed by atoms with Gasteiger partial charge in [0.05, 0.1) is 0 Å². The Morgan fingerprint density at radius 2 is 1.25 bits per heavy atom. The van der Waals surface area contributed by atoms with E-state index >= 15 is 0 Å². The molecular weight excluding hydrogens is 361 g/mol. The Kier molecular flexibility index (Phi) is 80.8. The van der Waals surface area contributed by atoms with Crippen LogP contribution in [-0.2, 0) is 30.3 Å².